The summed E-state index contributed by atoms with van der Waals surface area (Å²) in [4.78, 5) is 0. The first-order valence-corrected chi connectivity index (χ1v) is 7.06. The van der Waals surface area contributed by atoms with Gasteiger partial charge in [-0.05, 0) is 23.6 Å². The van der Waals surface area contributed by atoms with Crippen LogP contribution in [-0.4, -0.2) is 23.7 Å². The van der Waals surface area contributed by atoms with Crippen LogP contribution >= 0.6 is 0 Å². The van der Waals surface area contributed by atoms with Gasteiger partial charge in [0.1, 0.15) is 5.75 Å². The molecule has 0 heterocycles. The summed E-state index contributed by atoms with van der Waals surface area (Å²) in [5.74, 6) is 1.63. The number of ether oxygens (including phenoxy) is 2. The highest BCUT2D eigenvalue weighted by atomic mass is 28.2. The van der Waals surface area contributed by atoms with Crippen molar-refractivity contribution in [1.82, 2.24) is 0 Å². The maximum absolute atomic E-state index is 5.99. The van der Waals surface area contributed by atoms with Crippen LogP contribution in [-0.2, 0) is 4.74 Å². The van der Waals surface area contributed by atoms with E-state index in [1.165, 1.54) is 0 Å². The lowest BCUT2D eigenvalue weighted by molar-refractivity contribution is 0.0498. The Kier molecular flexibility index (Phi) is 5.02. The van der Waals surface area contributed by atoms with Gasteiger partial charge in [-0.15, -0.1) is 0 Å². The molecule has 3 nitrogen and oxygen atoms in total. The normalized spacial score (nSPS) is 12.1. The fraction of sp³-hybridized carbons (Fsp3) is 0.538. The lowest BCUT2D eigenvalue weighted by Gasteiger charge is -2.21. The van der Waals surface area contributed by atoms with Crippen molar-refractivity contribution in [1.29, 1.82) is 0 Å². The second-order valence-corrected chi connectivity index (χ2v) is 8.00. The molecule has 0 spiro atoms. The van der Waals surface area contributed by atoms with Gasteiger partial charge in [0.2, 0.25) is 9.76 Å². The minimum atomic E-state index is -0.635. The van der Waals surface area contributed by atoms with Crippen LogP contribution in [0.2, 0.25) is 5.04 Å². The van der Waals surface area contributed by atoms with Crippen LogP contribution in [0, 0.1) is 6.92 Å². The van der Waals surface area contributed by atoms with Crippen molar-refractivity contribution in [2.24, 2.45) is 0 Å². The molecule has 0 atom stereocenters. The van der Waals surface area contributed by atoms with E-state index >= 15 is 0 Å². The van der Waals surface area contributed by atoms with Gasteiger partial charge < -0.3 is 13.9 Å². The quantitative estimate of drug-likeness (QED) is 0.597. The van der Waals surface area contributed by atoms with Crippen LogP contribution in [0.1, 0.15) is 26.3 Å². The zero-order valence-electron chi connectivity index (χ0n) is 11.4. The molecule has 4 heteroatoms. The largest absolute Gasteiger partial charge is 0.546 e. The smallest absolute Gasteiger partial charge is 0.225 e. The van der Waals surface area contributed by atoms with Gasteiger partial charge in [0.05, 0.1) is 0 Å². The predicted molar refractivity (Wildman–Crippen MR) is 72.6 cm³/mol. The van der Waals surface area contributed by atoms with Gasteiger partial charge in [0, 0.05) is 7.11 Å². The molecular formula is C13H22O3Si. The zero-order chi connectivity index (χ0) is 12.9. The van der Waals surface area contributed by atoms with Crippen LogP contribution in [0.15, 0.2) is 18.2 Å². The van der Waals surface area contributed by atoms with Gasteiger partial charge in [0.25, 0.3) is 0 Å². The van der Waals surface area contributed by atoms with Crippen molar-refractivity contribution in [3.8, 4) is 11.5 Å². The highest BCUT2D eigenvalue weighted by Gasteiger charge is 2.15. The number of hydrogen-bond acceptors (Lipinski definition) is 3. The first-order chi connectivity index (χ1) is 7.94. The summed E-state index contributed by atoms with van der Waals surface area (Å²) in [6.45, 7) is 8.89. The molecule has 0 N–H and O–H groups in total. The zero-order valence-corrected chi connectivity index (χ0v) is 12.8. The number of aryl methyl sites for hydroxylation is 1. The summed E-state index contributed by atoms with van der Waals surface area (Å²) in [5, 5.41) is 0.265. The van der Waals surface area contributed by atoms with E-state index in [0.717, 1.165) is 17.1 Å². The van der Waals surface area contributed by atoms with E-state index < -0.39 is 9.76 Å². The molecule has 96 valence electrons. The van der Waals surface area contributed by atoms with Gasteiger partial charge in [0.15, 0.2) is 12.5 Å². The Labute approximate surface area is 106 Å². The highest BCUT2D eigenvalue weighted by molar-refractivity contribution is 6.32. The Balaban J connectivity index is 2.80. The molecule has 0 saturated carbocycles. The molecule has 0 aromatic heterocycles. The van der Waals surface area contributed by atoms with Crippen LogP contribution in [0.5, 0.6) is 11.5 Å². The lowest BCUT2D eigenvalue weighted by Crippen LogP contribution is -2.16. The first kappa shape index (κ1) is 14.1. The predicted octanol–water partition coefficient (Wildman–Crippen LogP) is 2.66. The van der Waals surface area contributed by atoms with E-state index in [4.69, 9.17) is 13.9 Å². The summed E-state index contributed by atoms with van der Waals surface area (Å²) < 4.78 is 16.4. The molecule has 1 rings (SSSR count). The molecule has 1 aromatic rings. The molecule has 0 aliphatic carbocycles. The number of rotatable bonds is 5. The Morgan fingerprint density at radius 1 is 1.24 bits per heavy atom. The Morgan fingerprint density at radius 2 is 1.94 bits per heavy atom. The van der Waals surface area contributed by atoms with E-state index in [0.29, 0.717) is 0 Å². The van der Waals surface area contributed by atoms with Crippen molar-refractivity contribution in [3.63, 3.8) is 0 Å². The molecular weight excluding hydrogens is 232 g/mol. The third kappa shape index (κ3) is 4.79. The Bertz CT molecular complexity index is 358. The third-order valence-corrected chi connectivity index (χ3v) is 3.46. The van der Waals surface area contributed by atoms with Crippen LogP contribution < -0.4 is 9.16 Å². The number of para-hydroxylation sites is 1. The molecule has 0 radical (unpaired) electrons. The van der Waals surface area contributed by atoms with E-state index in [-0.39, 0.29) is 11.8 Å². The van der Waals surface area contributed by atoms with E-state index in [1.807, 2.05) is 25.1 Å². The molecule has 1 aromatic carbocycles. The lowest BCUT2D eigenvalue weighted by atomic mass is 10.2. The van der Waals surface area contributed by atoms with Crippen LogP contribution in [0.25, 0.3) is 0 Å². The molecule has 0 saturated heterocycles. The topological polar surface area (TPSA) is 27.7 Å². The monoisotopic (exact) mass is 254 g/mol. The number of methoxy groups -OCH3 is 1. The standard InChI is InChI=1S/C13H22O3Si/c1-10-7-6-8-11(15-9-14-5)12(10)16-17-13(2,3)4/h6-8H,9,17H2,1-5H3. The average molecular weight is 254 g/mol. The minimum Gasteiger partial charge on any atom is -0.546 e. The SMILES string of the molecule is COCOc1cccc(C)c1O[SiH2]C(C)(C)C. The number of benzene rings is 1. The van der Waals surface area contributed by atoms with Crippen molar-refractivity contribution in [2.75, 3.05) is 13.9 Å². The van der Waals surface area contributed by atoms with E-state index in [2.05, 4.69) is 20.8 Å². The second kappa shape index (κ2) is 6.07. The summed E-state index contributed by atoms with van der Waals surface area (Å²) in [6.07, 6.45) is 0. The second-order valence-electron chi connectivity index (χ2n) is 5.30. The molecule has 17 heavy (non-hydrogen) atoms. The van der Waals surface area contributed by atoms with Crippen molar-refractivity contribution in [3.05, 3.63) is 23.8 Å². The van der Waals surface area contributed by atoms with Gasteiger partial charge in [-0.1, -0.05) is 32.9 Å². The van der Waals surface area contributed by atoms with Gasteiger partial charge in [-0.2, -0.15) is 0 Å². The molecule has 0 amide bonds. The Hall–Kier alpha value is -1.00. The molecule has 0 unspecified atom stereocenters. The van der Waals surface area contributed by atoms with E-state index in [9.17, 15) is 0 Å². The summed E-state index contributed by atoms with van der Waals surface area (Å²) in [7, 11) is 0.976. The summed E-state index contributed by atoms with van der Waals surface area (Å²) >= 11 is 0. The van der Waals surface area contributed by atoms with Crippen molar-refractivity contribution in [2.45, 2.75) is 32.7 Å². The maximum atomic E-state index is 5.99. The van der Waals surface area contributed by atoms with E-state index in [1.54, 1.807) is 7.11 Å². The summed E-state index contributed by atoms with van der Waals surface area (Å²) in [5.41, 5.74) is 1.11. The third-order valence-electron chi connectivity index (χ3n) is 2.16. The Morgan fingerprint density at radius 3 is 2.53 bits per heavy atom. The number of hydrogen-bond donors (Lipinski definition) is 0. The molecule has 0 aliphatic rings. The molecule has 0 fully saturated rings. The highest BCUT2D eigenvalue weighted by Crippen LogP contribution is 2.32. The fourth-order valence-corrected chi connectivity index (χ4v) is 2.28. The summed E-state index contributed by atoms with van der Waals surface area (Å²) in [6, 6.07) is 5.91. The first-order valence-electron chi connectivity index (χ1n) is 5.78. The van der Waals surface area contributed by atoms with Crippen molar-refractivity contribution < 1.29 is 13.9 Å². The van der Waals surface area contributed by atoms with Gasteiger partial charge >= 0.3 is 0 Å². The van der Waals surface area contributed by atoms with Gasteiger partial charge in [-0.25, -0.2) is 0 Å². The maximum Gasteiger partial charge on any atom is 0.225 e. The fourth-order valence-electron chi connectivity index (χ4n) is 1.34. The van der Waals surface area contributed by atoms with Gasteiger partial charge in [-0.3, -0.25) is 0 Å². The molecule has 0 aliphatic heterocycles. The van der Waals surface area contributed by atoms with Crippen LogP contribution in [0.4, 0.5) is 0 Å². The molecule has 0 bridgehead atoms. The minimum absolute atomic E-state index is 0.247. The average Bonchev–Trinajstić information content (AvgIpc) is 2.23. The van der Waals surface area contributed by atoms with Crippen LogP contribution in [0.3, 0.4) is 0 Å². The van der Waals surface area contributed by atoms with Crippen molar-refractivity contribution >= 4 is 9.76 Å².